The quantitative estimate of drug-likeness (QED) is 0.578. The number of piperazine rings is 1. The number of ether oxygens (including phenoxy) is 1. The van der Waals surface area contributed by atoms with Crippen LogP contribution in [0.4, 0.5) is 0 Å². The average molecular weight is 470 g/mol. The Balaban J connectivity index is 1.41. The maximum atomic E-state index is 13.7. The molecule has 0 radical (unpaired) electrons. The van der Waals surface area contributed by atoms with Crippen molar-refractivity contribution in [3.63, 3.8) is 0 Å². The molecule has 1 aromatic rings. The van der Waals surface area contributed by atoms with Crippen LogP contribution in [0.2, 0.25) is 0 Å². The van der Waals surface area contributed by atoms with Crippen LogP contribution in [0.3, 0.4) is 0 Å². The molecule has 0 bridgehead atoms. The molecule has 1 aromatic carbocycles. The Bertz CT molecular complexity index is 811. The molecule has 188 valence electrons. The second-order valence-corrected chi connectivity index (χ2v) is 10.5. The summed E-state index contributed by atoms with van der Waals surface area (Å²) in [5, 5.41) is 3.20. The first-order valence-electron chi connectivity index (χ1n) is 13.6. The van der Waals surface area contributed by atoms with Crippen LogP contribution in [-0.4, -0.2) is 59.4 Å². The summed E-state index contributed by atoms with van der Waals surface area (Å²) >= 11 is 0. The van der Waals surface area contributed by atoms with Gasteiger partial charge in [0.1, 0.15) is 17.3 Å². The molecule has 34 heavy (non-hydrogen) atoms. The predicted octanol–water partition coefficient (Wildman–Crippen LogP) is 4.52. The van der Waals surface area contributed by atoms with Gasteiger partial charge in [-0.05, 0) is 56.2 Å². The Labute approximate surface area is 205 Å². The van der Waals surface area contributed by atoms with Crippen molar-refractivity contribution < 1.29 is 14.3 Å². The lowest BCUT2D eigenvalue weighted by atomic mass is 9.79. The smallest absolute Gasteiger partial charge is 0.246 e. The third-order valence-electron chi connectivity index (χ3n) is 8.16. The van der Waals surface area contributed by atoms with Gasteiger partial charge in [-0.2, -0.15) is 0 Å². The van der Waals surface area contributed by atoms with E-state index in [1.54, 1.807) is 0 Å². The molecular weight excluding hydrogens is 426 g/mol. The first kappa shape index (κ1) is 25.0. The summed E-state index contributed by atoms with van der Waals surface area (Å²) in [5.41, 5.74) is 0.573. The molecule has 1 aliphatic carbocycles. The van der Waals surface area contributed by atoms with Gasteiger partial charge in [0, 0.05) is 26.2 Å². The van der Waals surface area contributed by atoms with E-state index < -0.39 is 5.54 Å². The van der Waals surface area contributed by atoms with Crippen LogP contribution in [0.5, 0.6) is 5.75 Å². The summed E-state index contributed by atoms with van der Waals surface area (Å²) in [7, 11) is 0. The molecule has 2 saturated heterocycles. The van der Waals surface area contributed by atoms with Gasteiger partial charge in [0.2, 0.25) is 11.8 Å². The first-order valence-corrected chi connectivity index (χ1v) is 13.6. The van der Waals surface area contributed by atoms with E-state index in [4.69, 9.17) is 4.74 Å². The number of likely N-dealkylation sites (tertiary alicyclic amines) is 1. The van der Waals surface area contributed by atoms with Crippen molar-refractivity contribution in [3.05, 3.63) is 29.8 Å². The van der Waals surface area contributed by atoms with Crippen molar-refractivity contribution in [1.29, 1.82) is 0 Å². The zero-order chi connectivity index (χ0) is 24.0. The summed E-state index contributed by atoms with van der Waals surface area (Å²) < 4.78 is 5.55. The van der Waals surface area contributed by atoms with Gasteiger partial charge >= 0.3 is 0 Å². The average Bonchev–Trinajstić information content (AvgIpc) is 2.86. The minimum atomic E-state index is -0.676. The van der Waals surface area contributed by atoms with Crippen LogP contribution in [0, 0.1) is 5.92 Å². The summed E-state index contributed by atoms with van der Waals surface area (Å²) in [6, 6.07) is 7.96. The van der Waals surface area contributed by atoms with E-state index in [0.29, 0.717) is 31.9 Å². The van der Waals surface area contributed by atoms with Gasteiger partial charge in [-0.1, -0.05) is 57.6 Å². The summed E-state index contributed by atoms with van der Waals surface area (Å²) in [5.74, 6) is 1.72. The number of carbonyl (C=O) groups is 2. The molecule has 1 spiro atoms. The number of amides is 2. The Kier molecular flexibility index (Phi) is 8.51. The normalized spacial score (nSPS) is 23.8. The minimum absolute atomic E-state index is 0.0877. The summed E-state index contributed by atoms with van der Waals surface area (Å²) in [4.78, 5) is 31.6. The number of hydrogen-bond acceptors (Lipinski definition) is 4. The Morgan fingerprint density at radius 3 is 2.38 bits per heavy atom. The van der Waals surface area contributed by atoms with Gasteiger partial charge < -0.3 is 15.0 Å². The predicted molar refractivity (Wildman–Crippen MR) is 135 cm³/mol. The third kappa shape index (κ3) is 5.59. The second kappa shape index (κ2) is 11.6. The van der Waals surface area contributed by atoms with Crippen LogP contribution in [0.15, 0.2) is 24.3 Å². The summed E-state index contributed by atoms with van der Waals surface area (Å²) in [6.07, 6.45) is 10.4. The van der Waals surface area contributed by atoms with Gasteiger partial charge in [-0.15, -0.1) is 0 Å². The van der Waals surface area contributed by atoms with Crippen LogP contribution in [0.25, 0.3) is 0 Å². The van der Waals surface area contributed by atoms with Gasteiger partial charge in [0.15, 0.2) is 0 Å². The number of hydrogen-bond donors (Lipinski definition) is 1. The molecular formula is C28H43N3O3. The molecule has 4 rings (SSSR count). The zero-order valence-electron chi connectivity index (χ0n) is 21.2. The molecule has 2 heterocycles. The topological polar surface area (TPSA) is 61.9 Å². The van der Waals surface area contributed by atoms with Crippen molar-refractivity contribution in [2.45, 2.75) is 96.2 Å². The molecule has 2 amide bonds. The van der Waals surface area contributed by atoms with Crippen LogP contribution >= 0.6 is 0 Å². The summed E-state index contributed by atoms with van der Waals surface area (Å²) in [6.45, 7) is 8.02. The zero-order valence-corrected chi connectivity index (χ0v) is 21.2. The van der Waals surface area contributed by atoms with Crippen LogP contribution in [-0.2, 0) is 16.1 Å². The van der Waals surface area contributed by atoms with E-state index in [1.807, 2.05) is 24.0 Å². The number of carbonyl (C=O) groups excluding carboxylic acids is 2. The van der Waals surface area contributed by atoms with E-state index >= 15 is 0 Å². The second-order valence-electron chi connectivity index (χ2n) is 10.5. The van der Waals surface area contributed by atoms with E-state index in [-0.39, 0.29) is 17.9 Å². The highest BCUT2D eigenvalue weighted by atomic mass is 16.5. The molecule has 6 heteroatoms. The number of unbranched alkanes of at least 4 members (excludes halogenated alkanes) is 1. The van der Waals surface area contributed by atoms with Gasteiger partial charge in [-0.25, -0.2) is 0 Å². The fourth-order valence-corrected chi connectivity index (χ4v) is 6.13. The monoisotopic (exact) mass is 469 g/mol. The maximum absolute atomic E-state index is 13.7. The minimum Gasteiger partial charge on any atom is -0.494 e. The number of piperidine rings is 1. The fraction of sp³-hybridized carbons (Fsp3) is 0.714. The van der Waals surface area contributed by atoms with Crippen molar-refractivity contribution in [1.82, 2.24) is 15.1 Å². The lowest BCUT2D eigenvalue weighted by Gasteiger charge is -2.52. The van der Waals surface area contributed by atoms with Gasteiger partial charge in [0.25, 0.3) is 0 Å². The number of benzene rings is 1. The maximum Gasteiger partial charge on any atom is 0.246 e. The largest absolute Gasteiger partial charge is 0.494 e. The standard InChI is InChI=1S/C28H43N3O3/c1-3-5-17-31-26(32)25(20-22-9-7-6-8-10-22)29-27(33)28(31)15-18-30(19-16-28)21-23-11-13-24(14-12-23)34-4-2/h11-14,22,25H,3-10,15-21H2,1-2H3,(H,29,33). The number of nitrogens with one attached hydrogen (secondary N) is 1. The van der Waals surface area contributed by atoms with E-state index in [0.717, 1.165) is 44.6 Å². The van der Waals surface area contributed by atoms with Crippen molar-refractivity contribution in [3.8, 4) is 5.75 Å². The molecule has 3 aliphatic rings. The Hall–Kier alpha value is -2.08. The highest BCUT2D eigenvalue weighted by molar-refractivity contribution is 6.00. The van der Waals surface area contributed by atoms with E-state index in [1.165, 1.54) is 37.7 Å². The molecule has 1 saturated carbocycles. The lowest BCUT2D eigenvalue weighted by Crippen LogP contribution is -2.73. The molecule has 2 aliphatic heterocycles. The van der Waals surface area contributed by atoms with E-state index in [2.05, 4.69) is 29.3 Å². The molecule has 1 atom stereocenters. The van der Waals surface area contributed by atoms with Crippen LogP contribution in [0.1, 0.15) is 83.6 Å². The Morgan fingerprint density at radius 1 is 1.03 bits per heavy atom. The lowest BCUT2D eigenvalue weighted by molar-refractivity contribution is -0.162. The molecule has 1 N–H and O–H groups in total. The first-order chi connectivity index (χ1) is 16.6. The number of rotatable bonds is 9. The molecule has 3 fully saturated rings. The molecule has 1 unspecified atom stereocenters. The Morgan fingerprint density at radius 2 is 1.74 bits per heavy atom. The molecule has 6 nitrogen and oxygen atoms in total. The highest BCUT2D eigenvalue weighted by Gasteiger charge is 2.53. The van der Waals surface area contributed by atoms with Crippen LogP contribution < -0.4 is 10.1 Å². The molecule has 0 aromatic heterocycles. The number of nitrogens with zero attached hydrogens (tertiary/aromatic N) is 2. The van der Waals surface area contributed by atoms with Gasteiger partial charge in [-0.3, -0.25) is 14.5 Å². The third-order valence-corrected chi connectivity index (χ3v) is 8.16. The van der Waals surface area contributed by atoms with E-state index in [9.17, 15) is 9.59 Å². The highest BCUT2D eigenvalue weighted by Crippen LogP contribution is 2.36. The van der Waals surface area contributed by atoms with Crippen molar-refractivity contribution >= 4 is 11.8 Å². The SMILES string of the molecule is CCCCN1C(=O)C(CC2CCCCC2)NC(=O)C12CCN(Cc1ccc(OCC)cc1)CC2. The fourth-order valence-electron chi connectivity index (χ4n) is 6.13. The van der Waals surface area contributed by atoms with Crippen molar-refractivity contribution in [2.75, 3.05) is 26.2 Å². The van der Waals surface area contributed by atoms with Crippen molar-refractivity contribution in [2.24, 2.45) is 5.92 Å². The van der Waals surface area contributed by atoms with Gasteiger partial charge in [0.05, 0.1) is 6.61 Å².